The van der Waals surface area contributed by atoms with Crippen LogP contribution in [0.5, 0.6) is 0 Å². The van der Waals surface area contributed by atoms with Gasteiger partial charge in [-0.2, -0.15) is 9.61 Å². The van der Waals surface area contributed by atoms with Crippen LogP contribution in [0.4, 0.5) is 5.82 Å². The van der Waals surface area contributed by atoms with Crippen LogP contribution in [0.1, 0.15) is 29.9 Å². The van der Waals surface area contributed by atoms with Gasteiger partial charge in [0.05, 0.1) is 6.20 Å². The smallest absolute Gasteiger partial charge is 0.354 e. The van der Waals surface area contributed by atoms with Gasteiger partial charge in [-0.15, -0.1) is 0 Å². The van der Waals surface area contributed by atoms with Crippen molar-refractivity contribution in [3.05, 3.63) is 23.5 Å². The van der Waals surface area contributed by atoms with Gasteiger partial charge in [0, 0.05) is 17.7 Å². The molecule has 90 valence electrons. The van der Waals surface area contributed by atoms with Crippen molar-refractivity contribution in [2.24, 2.45) is 0 Å². The van der Waals surface area contributed by atoms with Crippen LogP contribution >= 0.6 is 0 Å². The number of fused-ring (bicyclic) bond motifs is 1. The molecule has 2 rings (SSSR count). The molecule has 6 heteroatoms. The van der Waals surface area contributed by atoms with Crippen LogP contribution in [0.15, 0.2) is 12.3 Å². The molecule has 0 bridgehead atoms. The van der Waals surface area contributed by atoms with E-state index < -0.39 is 5.97 Å². The molecule has 17 heavy (non-hydrogen) atoms. The molecular weight excluding hydrogens is 220 g/mol. The zero-order valence-electron chi connectivity index (χ0n) is 9.93. The van der Waals surface area contributed by atoms with Crippen molar-refractivity contribution < 1.29 is 9.90 Å². The zero-order valence-corrected chi connectivity index (χ0v) is 9.93. The van der Waals surface area contributed by atoms with Gasteiger partial charge < -0.3 is 10.4 Å². The number of aromatic nitrogens is 3. The summed E-state index contributed by atoms with van der Waals surface area (Å²) in [6.45, 7) is 5.80. The van der Waals surface area contributed by atoms with Crippen LogP contribution in [-0.4, -0.2) is 31.7 Å². The largest absolute Gasteiger partial charge is 0.477 e. The average molecular weight is 234 g/mol. The third kappa shape index (κ3) is 2.06. The molecule has 2 aromatic heterocycles. The molecule has 0 aromatic carbocycles. The Morgan fingerprint density at radius 3 is 2.82 bits per heavy atom. The van der Waals surface area contributed by atoms with Gasteiger partial charge in [-0.1, -0.05) is 0 Å². The first kappa shape index (κ1) is 11.4. The van der Waals surface area contributed by atoms with Crippen molar-refractivity contribution in [3.8, 4) is 0 Å². The molecule has 2 aromatic rings. The maximum absolute atomic E-state index is 11.0. The predicted molar refractivity (Wildman–Crippen MR) is 63.4 cm³/mol. The second-order valence-corrected chi connectivity index (χ2v) is 4.19. The second-order valence-electron chi connectivity index (χ2n) is 4.19. The molecule has 2 heterocycles. The maximum atomic E-state index is 11.0. The quantitative estimate of drug-likeness (QED) is 0.842. The number of aromatic carboxylic acids is 1. The van der Waals surface area contributed by atoms with E-state index in [0.717, 1.165) is 5.56 Å². The standard InChI is InChI=1S/C11H14N4O2/c1-6(2)13-9-4-8(11(16)17)14-10-7(3)5-12-15(9)10/h4-6,13H,1-3H3,(H,16,17). The Morgan fingerprint density at radius 2 is 2.24 bits per heavy atom. The molecule has 6 nitrogen and oxygen atoms in total. The van der Waals surface area contributed by atoms with E-state index in [1.54, 1.807) is 10.7 Å². The summed E-state index contributed by atoms with van der Waals surface area (Å²) in [6.07, 6.45) is 1.67. The highest BCUT2D eigenvalue weighted by atomic mass is 16.4. The number of hydrogen-bond donors (Lipinski definition) is 2. The van der Waals surface area contributed by atoms with E-state index in [1.807, 2.05) is 20.8 Å². The molecular formula is C11H14N4O2. The normalized spacial score (nSPS) is 11.1. The Labute approximate surface area is 98.3 Å². The molecule has 0 spiro atoms. The van der Waals surface area contributed by atoms with Gasteiger partial charge in [0.15, 0.2) is 11.3 Å². The molecule has 0 atom stereocenters. The van der Waals surface area contributed by atoms with Gasteiger partial charge in [-0.05, 0) is 20.8 Å². The number of nitrogens with one attached hydrogen (secondary N) is 1. The van der Waals surface area contributed by atoms with Gasteiger partial charge in [-0.25, -0.2) is 9.78 Å². The topological polar surface area (TPSA) is 79.5 Å². The number of anilines is 1. The number of nitrogens with zero attached hydrogens (tertiary/aromatic N) is 3. The van der Waals surface area contributed by atoms with Crippen LogP contribution < -0.4 is 5.32 Å². The average Bonchev–Trinajstić information content (AvgIpc) is 2.60. The molecule has 0 unspecified atom stereocenters. The predicted octanol–water partition coefficient (Wildman–Crippen LogP) is 1.56. The Hall–Kier alpha value is -2.11. The molecule has 0 saturated heterocycles. The van der Waals surface area contributed by atoms with Crippen LogP contribution in [0, 0.1) is 6.92 Å². The lowest BCUT2D eigenvalue weighted by Crippen LogP contribution is -2.15. The van der Waals surface area contributed by atoms with E-state index in [0.29, 0.717) is 11.5 Å². The summed E-state index contributed by atoms with van der Waals surface area (Å²) in [5, 5.41) is 16.3. The van der Waals surface area contributed by atoms with E-state index in [-0.39, 0.29) is 11.7 Å². The molecule has 2 N–H and O–H groups in total. The third-order valence-corrected chi connectivity index (χ3v) is 2.30. The summed E-state index contributed by atoms with van der Waals surface area (Å²) in [4.78, 5) is 15.1. The fraction of sp³-hybridized carbons (Fsp3) is 0.364. The number of carboxylic acid groups (broad SMARTS) is 1. The van der Waals surface area contributed by atoms with Crippen LogP contribution in [0.3, 0.4) is 0 Å². The lowest BCUT2D eigenvalue weighted by molar-refractivity contribution is 0.0690. The van der Waals surface area contributed by atoms with Gasteiger partial charge in [0.2, 0.25) is 0 Å². The van der Waals surface area contributed by atoms with Crippen LogP contribution in [-0.2, 0) is 0 Å². The van der Waals surface area contributed by atoms with Crippen molar-refractivity contribution >= 4 is 17.4 Å². The fourth-order valence-electron chi connectivity index (χ4n) is 1.58. The van der Waals surface area contributed by atoms with Crippen molar-refractivity contribution in [3.63, 3.8) is 0 Å². The van der Waals surface area contributed by atoms with Crippen molar-refractivity contribution in [1.82, 2.24) is 14.6 Å². The Morgan fingerprint density at radius 1 is 1.53 bits per heavy atom. The minimum absolute atomic E-state index is 0.0178. The third-order valence-electron chi connectivity index (χ3n) is 2.30. The van der Waals surface area contributed by atoms with Gasteiger partial charge in [0.1, 0.15) is 5.82 Å². The van der Waals surface area contributed by atoms with E-state index >= 15 is 0 Å². The van der Waals surface area contributed by atoms with Crippen molar-refractivity contribution in [2.75, 3.05) is 5.32 Å². The van der Waals surface area contributed by atoms with E-state index in [4.69, 9.17) is 5.11 Å². The zero-order chi connectivity index (χ0) is 12.6. The highest BCUT2D eigenvalue weighted by molar-refractivity contribution is 5.87. The molecule has 0 aliphatic carbocycles. The first-order valence-electron chi connectivity index (χ1n) is 5.34. The lowest BCUT2D eigenvalue weighted by atomic mass is 10.3. The summed E-state index contributed by atoms with van der Waals surface area (Å²) in [6, 6.07) is 1.67. The molecule has 0 aliphatic rings. The Balaban J connectivity index is 2.66. The number of carbonyl (C=O) groups is 1. The summed E-state index contributed by atoms with van der Waals surface area (Å²) in [5.41, 5.74) is 1.43. The minimum atomic E-state index is -1.04. The van der Waals surface area contributed by atoms with E-state index in [1.165, 1.54) is 6.07 Å². The van der Waals surface area contributed by atoms with Gasteiger partial charge in [0.25, 0.3) is 0 Å². The first-order valence-corrected chi connectivity index (χ1v) is 5.34. The second kappa shape index (κ2) is 4.04. The number of aryl methyl sites for hydroxylation is 1. The summed E-state index contributed by atoms with van der Waals surface area (Å²) in [7, 11) is 0. The number of hydrogen-bond acceptors (Lipinski definition) is 4. The monoisotopic (exact) mass is 234 g/mol. The van der Waals surface area contributed by atoms with Crippen LogP contribution in [0.2, 0.25) is 0 Å². The number of carboxylic acids is 1. The lowest BCUT2D eigenvalue weighted by Gasteiger charge is -2.12. The molecule has 0 saturated carbocycles. The molecule has 0 aliphatic heterocycles. The molecule has 0 fully saturated rings. The van der Waals surface area contributed by atoms with Crippen molar-refractivity contribution in [1.29, 1.82) is 0 Å². The molecule has 0 radical (unpaired) electrons. The first-order chi connectivity index (χ1) is 7.99. The number of rotatable bonds is 3. The summed E-state index contributed by atoms with van der Waals surface area (Å²) < 4.78 is 1.61. The maximum Gasteiger partial charge on any atom is 0.354 e. The minimum Gasteiger partial charge on any atom is -0.477 e. The van der Waals surface area contributed by atoms with E-state index in [9.17, 15) is 4.79 Å². The van der Waals surface area contributed by atoms with E-state index in [2.05, 4.69) is 15.4 Å². The van der Waals surface area contributed by atoms with Gasteiger partial charge >= 0.3 is 5.97 Å². The highest BCUT2D eigenvalue weighted by Gasteiger charge is 2.13. The molecule has 0 amide bonds. The Bertz CT molecular complexity index is 574. The van der Waals surface area contributed by atoms with Crippen molar-refractivity contribution in [2.45, 2.75) is 26.8 Å². The Kier molecular flexibility index (Phi) is 2.71. The van der Waals surface area contributed by atoms with Gasteiger partial charge in [-0.3, -0.25) is 0 Å². The SMILES string of the molecule is Cc1cnn2c(NC(C)C)cc(C(=O)O)nc12. The fourth-order valence-corrected chi connectivity index (χ4v) is 1.58. The highest BCUT2D eigenvalue weighted by Crippen LogP contribution is 2.16. The summed E-state index contributed by atoms with van der Waals surface area (Å²) in [5.74, 6) is -0.407. The van der Waals surface area contributed by atoms with Crippen LogP contribution in [0.25, 0.3) is 5.65 Å². The summed E-state index contributed by atoms with van der Waals surface area (Å²) >= 11 is 0.